The van der Waals surface area contributed by atoms with Crippen LogP contribution in [0.5, 0.6) is 0 Å². The predicted molar refractivity (Wildman–Crippen MR) is 65.3 cm³/mol. The van der Waals surface area contributed by atoms with Crippen molar-refractivity contribution in [1.82, 2.24) is 9.55 Å². The minimum Gasteiger partial charge on any atom is -0.340 e. The molecule has 1 atom stereocenters. The number of hydrogen-bond donors (Lipinski definition) is 1. The van der Waals surface area contributed by atoms with Gasteiger partial charge in [-0.3, -0.25) is 0 Å². The van der Waals surface area contributed by atoms with E-state index in [9.17, 15) is 4.39 Å². The Morgan fingerprint density at radius 2 is 2.29 bits per heavy atom. The summed E-state index contributed by atoms with van der Waals surface area (Å²) in [4.78, 5) is 4.15. The third-order valence-corrected chi connectivity index (χ3v) is 2.87. The van der Waals surface area contributed by atoms with Crippen molar-refractivity contribution in [3.63, 3.8) is 0 Å². The van der Waals surface area contributed by atoms with Crippen molar-refractivity contribution in [3.05, 3.63) is 52.8 Å². The van der Waals surface area contributed by atoms with Gasteiger partial charge in [-0.15, -0.1) is 0 Å². The largest absolute Gasteiger partial charge is 0.340 e. The maximum Gasteiger partial charge on any atom is 0.145 e. The zero-order chi connectivity index (χ0) is 12.4. The lowest BCUT2D eigenvalue weighted by molar-refractivity contribution is 0.591. The van der Waals surface area contributed by atoms with Crippen LogP contribution in [0.4, 0.5) is 4.39 Å². The van der Waals surface area contributed by atoms with Gasteiger partial charge in [0.25, 0.3) is 0 Å². The number of aromatic nitrogens is 2. The van der Waals surface area contributed by atoms with Gasteiger partial charge < -0.3 is 10.3 Å². The summed E-state index contributed by atoms with van der Waals surface area (Å²) in [6, 6.07) is 4.59. The Balaban J connectivity index is 2.18. The monoisotopic (exact) mass is 253 g/mol. The molecule has 0 bridgehead atoms. The van der Waals surface area contributed by atoms with Gasteiger partial charge in [0.2, 0.25) is 0 Å². The summed E-state index contributed by atoms with van der Waals surface area (Å²) in [5, 5.41) is 0.121. The number of imidazole rings is 1. The fraction of sp³-hybridized carbons (Fsp3) is 0.250. The van der Waals surface area contributed by atoms with Crippen LogP contribution < -0.4 is 5.73 Å². The van der Waals surface area contributed by atoms with E-state index < -0.39 is 5.82 Å². The zero-order valence-electron chi connectivity index (χ0n) is 9.40. The van der Waals surface area contributed by atoms with E-state index in [-0.39, 0.29) is 11.1 Å². The average Bonchev–Trinajstić information content (AvgIpc) is 2.72. The fourth-order valence-electron chi connectivity index (χ4n) is 1.67. The topological polar surface area (TPSA) is 43.8 Å². The van der Waals surface area contributed by atoms with Gasteiger partial charge in [0.05, 0.1) is 23.1 Å². The van der Waals surface area contributed by atoms with Gasteiger partial charge >= 0.3 is 0 Å². The van der Waals surface area contributed by atoms with Gasteiger partial charge in [-0.05, 0) is 18.1 Å². The number of rotatable bonds is 3. The first-order valence-electron chi connectivity index (χ1n) is 5.24. The van der Waals surface area contributed by atoms with Crippen molar-refractivity contribution in [2.45, 2.75) is 12.5 Å². The lowest BCUT2D eigenvalue weighted by Crippen LogP contribution is -2.14. The molecule has 0 aliphatic carbocycles. The van der Waals surface area contributed by atoms with E-state index in [0.29, 0.717) is 12.0 Å². The molecule has 2 N–H and O–H groups in total. The molecule has 0 aliphatic heterocycles. The van der Waals surface area contributed by atoms with Crippen molar-refractivity contribution in [2.24, 2.45) is 12.8 Å². The highest BCUT2D eigenvalue weighted by molar-refractivity contribution is 6.30. The Kier molecular flexibility index (Phi) is 3.45. The van der Waals surface area contributed by atoms with Crippen LogP contribution in [-0.2, 0) is 13.5 Å². The van der Waals surface area contributed by atoms with Gasteiger partial charge in [-0.25, -0.2) is 9.37 Å². The molecule has 1 unspecified atom stereocenters. The summed E-state index contributed by atoms with van der Waals surface area (Å²) in [5.41, 5.74) is 7.23. The fourth-order valence-corrected chi connectivity index (χ4v) is 1.87. The molecule has 0 radical (unpaired) electrons. The molecule has 0 amide bonds. The Hall–Kier alpha value is -1.39. The van der Waals surface area contributed by atoms with Gasteiger partial charge in [-0.2, -0.15) is 0 Å². The summed E-state index contributed by atoms with van der Waals surface area (Å²) in [7, 11) is 1.86. The first-order chi connectivity index (χ1) is 8.08. The van der Waals surface area contributed by atoms with E-state index in [1.807, 2.05) is 17.8 Å². The molecule has 5 heteroatoms. The second-order valence-electron chi connectivity index (χ2n) is 3.99. The van der Waals surface area contributed by atoms with Crippen LogP contribution in [0, 0.1) is 5.82 Å². The molecule has 17 heavy (non-hydrogen) atoms. The molecule has 1 aromatic heterocycles. The third-order valence-electron chi connectivity index (χ3n) is 2.58. The van der Waals surface area contributed by atoms with Crippen LogP contribution >= 0.6 is 11.6 Å². The average molecular weight is 254 g/mol. The normalized spacial score (nSPS) is 12.7. The Bertz CT molecular complexity index is 524. The lowest BCUT2D eigenvalue weighted by Gasteiger charge is -2.10. The Morgan fingerprint density at radius 1 is 1.53 bits per heavy atom. The van der Waals surface area contributed by atoms with Crippen LogP contribution in [0.2, 0.25) is 5.02 Å². The maximum atomic E-state index is 13.7. The lowest BCUT2D eigenvalue weighted by atomic mass is 10.0. The number of benzene rings is 1. The predicted octanol–water partition coefficient (Wildman–Crippen LogP) is 2.46. The minimum atomic E-state index is -0.402. The molecule has 2 aromatic rings. The molecule has 0 aliphatic rings. The van der Waals surface area contributed by atoms with Gasteiger partial charge in [-0.1, -0.05) is 23.7 Å². The smallest absolute Gasteiger partial charge is 0.145 e. The highest BCUT2D eigenvalue weighted by atomic mass is 35.5. The number of hydrogen-bond acceptors (Lipinski definition) is 2. The van der Waals surface area contributed by atoms with Crippen molar-refractivity contribution in [3.8, 4) is 0 Å². The van der Waals surface area contributed by atoms with E-state index in [1.165, 1.54) is 6.07 Å². The van der Waals surface area contributed by atoms with E-state index >= 15 is 0 Å². The van der Waals surface area contributed by atoms with E-state index in [2.05, 4.69) is 4.98 Å². The highest BCUT2D eigenvalue weighted by Crippen LogP contribution is 2.22. The molecule has 0 saturated heterocycles. The molecule has 3 nitrogen and oxygen atoms in total. The van der Waals surface area contributed by atoms with E-state index in [0.717, 1.165) is 5.69 Å². The Labute approximate surface area is 104 Å². The molecular formula is C12H13ClFN3. The minimum absolute atomic E-state index is 0.121. The number of nitrogens with two attached hydrogens (primary N) is 1. The summed E-state index contributed by atoms with van der Waals surface area (Å²) >= 11 is 5.71. The standard InChI is InChI=1S/C12H13ClFN3/c1-17-6-11(16-7-17)10(15)5-8-3-2-4-9(13)12(8)14/h2-4,6-7,10H,5,15H2,1H3. The van der Waals surface area contributed by atoms with Crippen LogP contribution in [-0.4, -0.2) is 9.55 Å². The van der Waals surface area contributed by atoms with Crippen molar-refractivity contribution < 1.29 is 4.39 Å². The number of aryl methyl sites for hydroxylation is 1. The summed E-state index contributed by atoms with van der Waals surface area (Å²) in [6.45, 7) is 0. The zero-order valence-corrected chi connectivity index (χ0v) is 10.2. The van der Waals surface area contributed by atoms with Crippen LogP contribution in [0.25, 0.3) is 0 Å². The first kappa shape index (κ1) is 12.1. The van der Waals surface area contributed by atoms with Gasteiger partial charge in [0.15, 0.2) is 0 Å². The van der Waals surface area contributed by atoms with Crippen LogP contribution in [0.1, 0.15) is 17.3 Å². The SMILES string of the molecule is Cn1cnc(C(N)Cc2cccc(Cl)c2F)c1. The quantitative estimate of drug-likeness (QED) is 0.913. The molecule has 1 heterocycles. The van der Waals surface area contributed by atoms with Crippen molar-refractivity contribution in [1.29, 1.82) is 0 Å². The molecule has 2 rings (SSSR count). The second-order valence-corrected chi connectivity index (χ2v) is 4.39. The molecule has 1 aromatic carbocycles. The Morgan fingerprint density at radius 3 is 2.94 bits per heavy atom. The molecule has 0 fully saturated rings. The summed E-state index contributed by atoms with van der Waals surface area (Å²) < 4.78 is 15.5. The van der Waals surface area contributed by atoms with Crippen molar-refractivity contribution in [2.75, 3.05) is 0 Å². The molecular weight excluding hydrogens is 241 g/mol. The maximum absolute atomic E-state index is 13.7. The highest BCUT2D eigenvalue weighted by Gasteiger charge is 2.13. The first-order valence-corrected chi connectivity index (χ1v) is 5.62. The second kappa shape index (κ2) is 4.85. The molecule has 90 valence electrons. The van der Waals surface area contributed by atoms with Gasteiger partial charge in [0, 0.05) is 13.2 Å². The summed E-state index contributed by atoms with van der Waals surface area (Å²) in [5.74, 6) is -0.402. The van der Waals surface area contributed by atoms with E-state index in [4.69, 9.17) is 17.3 Å². The van der Waals surface area contributed by atoms with E-state index in [1.54, 1.807) is 18.5 Å². The van der Waals surface area contributed by atoms with Crippen LogP contribution in [0.3, 0.4) is 0 Å². The van der Waals surface area contributed by atoms with Gasteiger partial charge in [0.1, 0.15) is 5.82 Å². The number of halogens is 2. The van der Waals surface area contributed by atoms with Crippen molar-refractivity contribution >= 4 is 11.6 Å². The van der Waals surface area contributed by atoms with Crippen LogP contribution in [0.15, 0.2) is 30.7 Å². The molecule has 0 saturated carbocycles. The third kappa shape index (κ3) is 2.65. The number of nitrogens with zero attached hydrogens (tertiary/aromatic N) is 2. The molecule has 0 spiro atoms. The summed E-state index contributed by atoms with van der Waals surface area (Å²) in [6.07, 6.45) is 3.88.